The fraction of sp³-hybridized carbons (Fsp3) is 0.222. The average molecular weight is 339 g/mol. The smallest absolute Gasteiger partial charge is 0.407 e. The first-order chi connectivity index (χ1) is 12.0. The monoisotopic (exact) mass is 339 g/mol. The number of benzene rings is 1. The molecule has 1 amide bonds. The van der Waals surface area contributed by atoms with Gasteiger partial charge >= 0.3 is 6.09 Å². The summed E-state index contributed by atoms with van der Waals surface area (Å²) in [5.74, 6) is -0.0644. The summed E-state index contributed by atoms with van der Waals surface area (Å²) in [6.45, 7) is 0.858. The molecule has 1 aliphatic heterocycles. The summed E-state index contributed by atoms with van der Waals surface area (Å²) in [4.78, 5) is 24.8. The van der Waals surface area contributed by atoms with Crippen molar-refractivity contribution >= 4 is 17.0 Å². The van der Waals surface area contributed by atoms with Crippen molar-refractivity contribution in [2.75, 3.05) is 6.54 Å². The number of fused-ring (bicyclic) bond motifs is 3. The van der Waals surface area contributed by atoms with Crippen LogP contribution in [-0.4, -0.2) is 36.9 Å². The van der Waals surface area contributed by atoms with E-state index in [1.165, 1.54) is 27.8 Å². The molecule has 4 rings (SSSR count). The van der Waals surface area contributed by atoms with Crippen LogP contribution in [0.15, 0.2) is 41.3 Å². The van der Waals surface area contributed by atoms with Gasteiger partial charge < -0.3 is 19.7 Å². The number of nitrogens with zero attached hydrogens (tertiary/aromatic N) is 3. The van der Waals surface area contributed by atoms with Gasteiger partial charge in [0, 0.05) is 48.9 Å². The van der Waals surface area contributed by atoms with E-state index >= 15 is 0 Å². The third-order valence-electron chi connectivity index (χ3n) is 4.84. The largest absolute Gasteiger partial charge is 0.508 e. The Morgan fingerprint density at radius 3 is 2.72 bits per heavy atom. The molecule has 0 saturated carbocycles. The minimum absolute atomic E-state index is 0.0644. The summed E-state index contributed by atoms with van der Waals surface area (Å²) >= 11 is 0. The van der Waals surface area contributed by atoms with Gasteiger partial charge in [-0.2, -0.15) is 0 Å². The van der Waals surface area contributed by atoms with E-state index < -0.39 is 6.09 Å². The van der Waals surface area contributed by atoms with Crippen molar-refractivity contribution in [3.8, 4) is 11.4 Å². The van der Waals surface area contributed by atoms with Gasteiger partial charge in [0.15, 0.2) is 0 Å². The quantitative estimate of drug-likeness (QED) is 0.710. The molecule has 128 valence electrons. The van der Waals surface area contributed by atoms with Crippen LogP contribution in [0.2, 0.25) is 0 Å². The summed E-state index contributed by atoms with van der Waals surface area (Å²) in [5, 5.41) is 19.7. The molecule has 25 heavy (non-hydrogen) atoms. The van der Waals surface area contributed by atoms with Gasteiger partial charge in [-0.15, -0.1) is 0 Å². The number of rotatable bonds is 1. The Morgan fingerprint density at radius 1 is 1.20 bits per heavy atom. The zero-order valence-corrected chi connectivity index (χ0v) is 13.6. The lowest BCUT2D eigenvalue weighted by molar-refractivity contribution is 0.139. The Morgan fingerprint density at radius 2 is 2.00 bits per heavy atom. The van der Waals surface area contributed by atoms with E-state index in [0.717, 1.165) is 22.2 Å². The van der Waals surface area contributed by atoms with Crippen LogP contribution >= 0.6 is 0 Å². The van der Waals surface area contributed by atoms with Gasteiger partial charge in [-0.3, -0.25) is 9.36 Å². The van der Waals surface area contributed by atoms with Crippen molar-refractivity contribution in [2.45, 2.75) is 13.0 Å². The van der Waals surface area contributed by atoms with Crippen LogP contribution in [0.4, 0.5) is 4.79 Å². The van der Waals surface area contributed by atoms with Crippen LogP contribution in [0.5, 0.6) is 5.75 Å². The average Bonchev–Trinajstić information content (AvgIpc) is 2.87. The molecule has 0 bridgehead atoms. The molecular formula is C18H17N3O4. The number of carbonyl (C=O) groups is 1. The number of hydrogen-bond acceptors (Lipinski definition) is 3. The zero-order valence-electron chi connectivity index (χ0n) is 13.6. The Labute approximate surface area is 143 Å². The predicted octanol–water partition coefficient (Wildman–Crippen LogP) is 2.07. The SMILES string of the molecule is Cn1c2c(c3ccc(-n4ccc(O)cc4=O)cc31)CN(C(=O)O)CC2. The molecule has 1 aliphatic rings. The van der Waals surface area contributed by atoms with Gasteiger partial charge in [-0.05, 0) is 18.2 Å². The van der Waals surface area contributed by atoms with Gasteiger partial charge in [-0.25, -0.2) is 4.79 Å². The zero-order chi connectivity index (χ0) is 17.7. The summed E-state index contributed by atoms with van der Waals surface area (Å²) in [7, 11) is 1.96. The minimum atomic E-state index is -0.907. The third-order valence-corrected chi connectivity index (χ3v) is 4.84. The van der Waals surface area contributed by atoms with E-state index in [4.69, 9.17) is 0 Å². The molecule has 0 spiro atoms. The Balaban J connectivity index is 1.87. The second-order valence-electron chi connectivity index (χ2n) is 6.23. The Hall–Kier alpha value is -3.22. The number of aromatic nitrogens is 2. The summed E-state index contributed by atoms with van der Waals surface area (Å²) in [5.41, 5.74) is 3.49. The molecule has 3 heterocycles. The molecule has 0 aliphatic carbocycles. The number of carboxylic acid groups (broad SMARTS) is 1. The maximum absolute atomic E-state index is 12.1. The van der Waals surface area contributed by atoms with Crippen LogP contribution in [-0.2, 0) is 20.0 Å². The number of aromatic hydroxyl groups is 1. The lowest BCUT2D eigenvalue weighted by atomic mass is 10.0. The molecule has 0 atom stereocenters. The van der Waals surface area contributed by atoms with Crippen molar-refractivity contribution in [1.82, 2.24) is 14.0 Å². The van der Waals surface area contributed by atoms with E-state index in [0.29, 0.717) is 25.2 Å². The number of aryl methyl sites for hydroxylation is 1. The summed E-state index contributed by atoms with van der Waals surface area (Å²) in [6, 6.07) is 8.31. The van der Waals surface area contributed by atoms with Gasteiger partial charge in [-0.1, -0.05) is 6.07 Å². The Kier molecular flexibility index (Phi) is 3.31. The number of pyridine rings is 1. The van der Waals surface area contributed by atoms with Crippen molar-refractivity contribution < 1.29 is 15.0 Å². The minimum Gasteiger partial charge on any atom is -0.508 e. The van der Waals surface area contributed by atoms with Gasteiger partial charge in [0.1, 0.15) is 5.75 Å². The molecular weight excluding hydrogens is 322 g/mol. The Bertz CT molecular complexity index is 1060. The molecule has 2 aromatic heterocycles. The highest BCUT2D eigenvalue weighted by molar-refractivity contribution is 5.88. The van der Waals surface area contributed by atoms with Crippen molar-refractivity contribution in [3.63, 3.8) is 0 Å². The van der Waals surface area contributed by atoms with Gasteiger partial charge in [0.2, 0.25) is 0 Å². The first-order valence-corrected chi connectivity index (χ1v) is 7.96. The van der Waals surface area contributed by atoms with Crippen LogP contribution < -0.4 is 5.56 Å². The molecule has 0 saturated heterocycles. The van der Waals surface area contributed by atoms with Crippen LogP contribution in [0.3, 0.4) is 0 Å². The lowest BCUT2D eigenvalue weighted by Gasteiger charge is -2.25. The van der Waals surface area contributed by atoms with Crippen molar-refractivity contribution in [2.24, 2.45) is 7.05 Å². The molecule has 1 aromatic carbocycles. The number of amides is 1. The lowest BCUT2D eigenvalue weighted by Crippen LogP contribution is -2.34. The maximum atomic E-state index is 12.1. The highest BCUT2D eigenvalue weighted by Gasteiger charge is 2.25. The van der Waals surface area contributed by atoms with Crippen LogP contribution in [0, 0.1) is 0 Å². The highest BCUT2D eigenvalue weighted by Crippen LogP contribution is 2.31. The molecule has 0 unspecified atom stereocenters. The molecule has 0 radical (unpaired) electrons. The maximum Gasteiger partial charge on any atom is 0.407 e. The number of hydrogen-bond donors (Lipinski definition) is 2. The highest BCUT2D eigenvalue weighted by atomic mass is 16.4. The van der Waals surface area contributed by atoms with Crippen molar-refractivity contribution in [3.05, 3.63) is 58.1 Å². The molecule has 7 nitrogen and oxygen atoms in total. The van der Waals surface area contributed by atoms with Crippen LogP contribution in [0.1, 0.15) is 11.3 Å². The van der Waals surface area contributed by atoms with E-state index in [1.807, 2.05) is 25.2 Å². The predicted molar refractivity (Wildman–Crippen MR) is 92.3 cm³/mol. The second kappa shape index (κ2) is 5.41. The van der Waals surface area contributed by atoms with E-state index in [2.05, 4.69) is 4.57 Å². The molecule has 2 N–H and O–H groups in total. The molecule has 0 fully saturated rings. The van der Waals surface area contributed by atoms with Crippen molar-refractivity contribution in [1.29, 1.82) is 0 Å². The fourth-order valence-electron chi connectivity index (χ4n) is 3.56. The normalized spacial score (nSPS) is 13.9. The molecule has 3 aromatic rings. The van der Waals surface area contributed by atoms with Gasteiger partial charge in [0.05, 0.1) is 17.7 Å². The third kappa shape index (κ3) is 2.36. The first kappa shape index (κ1) is 15.3. The fourth-order valence-corrected chi connectivity index (χ4v) is 3.56. The van der Waals surface area contributed by atoms with E-state index in [9.17, 15) is 19.8 Å². The summed E-state index contributed by atoms with van der Waals surface area (Å²) < 4.78 is 3.54. The first-order valence-electron chi connectivity index (χ1n) is 7.96. The van der Waals surface area contributed by atoms with E-state index in [-0.39, 0.29) is 11.3 Å². The molecule has 7 heteroatoms. The van der Waals surface area contributed by atoms with Crippen LogP contribution in [0.25, 0.3) is 16.6 Å². The second-order valence-corrected chi connectivity index (χ2v) is 6.23. The van der Waals surface area contributed by atoms with Gasteiger partial charge in [0.25, 0.3) is 5.56 Å². The topological polar surface area (TPSA) is 87.7 Å². The standard InChI is InChI=1S/C18H17N3O4/c1-19-15-5-6-20(18(24)25)10-14(15)13-3-2-11(8-16(13)19)21-7-4-12(22)9-17(21)23/h2-4,7-9,22H,5-6,10H2,1H3,(H,24,25). The van der Waals surface area contributed by atoms with E-state index in [1.54, 1.807) is 0 Å². The summed E-state index contributed by atoms with van der Waals surface area (Å²) in [6.07, 6.45) is 1.30.